The van der Waals surface area contributed by atoms with Crippen molar-refractivity contribution >= 4 is 5.91 Å². The number of rotatable bonds is 6. The molecule has 0 radical (unpaired) electrons. The van der Waals surface area contributed by atoms with Gasteiger partial charge in [0.15, 0.2) is 0 Å². The van der Waals surface area contributed by atoms with E-state index in [0.717, 1.165) is 50.5 Å². The van der Waals surface area contributed by atoms with Gasteiger partial charge in [-0.1, -0.05) is 31.2 Å². The van der Waals surface area contributed by atoms with Crippen molar-refractivity contribution in [2.24, 2.45) is 7.05 Å². The first kappa shape index (κ1) is 17.6. The molecule has 6 heteroatoms. The topological polar surface area (TPSA) is 59.4 Å². The van der Waals surface area contributed by atoms with Crippen LogP contribution < -0.4 is 5.32 Å². The van der Waals surface area contributed by atoms with Gasteiger partial charge in [0.25, 0.3) is 5.91 Å². The minimum atomic E-state index is -0.0907. The first-order valence-corrected chi connectivity index (χ1v) is 8.84. The molecule has 1 aromatic carbocycles. The standard InChI is InChI=1S/C19H26N4O2/c1-3-17-12-18(22(2)21-17)19(24)20-13-15-4-6-16(7-5-15)14-23-8-10-25-11-9-23/h4-7,12H,3,8-11,13-14H2,1-2H3,(H,20,24). The predicted molar refractivity (Wildman–Crippen MR) is 96.3 cm³/mol. The van der Waals surface area contributed by atoms with E-state index < -0.39 is 0 Å². The van der Waals surface area contributed by atoms with Gasteiger partial charge in [0.05, 0.1) is 18.9 Å². The van der Waals surface area contributed by atoms with E-state index in [1.807, 2.05) is 13.0 Å². The molecule has 134 valence electrons. The highest BCUT2D eigenvalue weighted by Gasteiger charge is 2.13. The number of nitrogens with zero attached hydrogens (tertiary/aromatic N) is 3. The van der Waals surface area contributed by atoms with Gasteiger partial charge < -0.3 is 10.1 Å². The monoisotopic (exact) mass is 342 g/mol. The van der Waals surface area contributed by atoms with Crippen LogP contribution >= 0.6 is 0 Å². The van der Waals surface area contributed by atoms with Crippen LogP contribution in [0.1, 0.15) is 34.2 Å². The van der Waals surface area contributed by atoms with Crippen molar-refractivity contribution in [3.63, 3.8) is 0 Å². The van der Waals surface area contributed by atoms with Crippen LogP contribution in [0.4, 0.5) is 0 Å². The second-order valence-corrected chi connectivity index (χ2v) is 6.39. The molecule has 0 saturated carbocycles. The molecule has 1 saturated heterocycles. The molecule has 1 aromatic heterocycles. The summed E-state index contributed by atoms with van der Waals surface area (Å²) >= 11 is 0. The van der Waals surface area contributed by atoms with Crippen LogP contribution in [-0.2, 0) is 31.3 Å². The van der Waals surface area contributed by atoms with E-state index in [1.165, 1.54) is 5.56 Å². The van der Waals surface area contributed by atoms with Crippen molar-refractivity contribution in [2.45, 2.75) is 26.4 Å². The van der Waals surface area contributed by atoms with Crippen molar-refractivity contribution in [1.29, 1.82) is 0 Å². The Balaban J connectivity index is 1.52. The van der Waals surface area contributed by atoms with Gasteiger partial charge in [-0.2, -0.15) is 5.10 Å². The molecule has 1 fully saturated rings. The molecule has 0 spiro atoms. The highest BCUT2D eigenvalue weighted by molar-refractivity contribution is 5.92. The van der Waals surface area contributed by atoms with Crippen LogP contribution in [0.2, 0.25) is 0 Å². The summed E-state index contributed by atoms with van der Waals surface area (Å²) in [4.78, 5) is 14.7. The van der Waals surface area contributed by atoms with Crippen molar-refractivity contribution < 1.29 is 9.53 Å². The number of nitrogens with one attached hydrogen (secondary N) is 1. The zero-order valence-electron chi connectivity index (χ0n) is 15.0. The summed E-state index contributed by atoms with van der Waals surface area (Å²) in [6.45, 7) is 7.11. The van der Waals surface area contributed by atoms with E-state index in [2.05, 4.69) is 39.6 Å². The fraction of sp³-hybridized carbons (Fsp3) is 0.474. The third-order valence-electron chi connectivity index (χ3n) is 4.51. The van der Waals surface area contributed by atoms with Crippen LogP contribution in [0.15, 0.2) is 30.3 Å². The van der Waals surface area contributed by atoms with Crippen molar-refractivity contribution in [3.8, 4) is 0 Å². The molecule has 25 heavy (non-hydrogen) atoms. The van der Waals surface area contributed by atoms with E-state index in [0.29, 0.717) is 12.2 Å². The summed E-state index contributed by atoms with van der Waals surface area (Å²) in [7, 11) is 1.80. The lowest BCUT2D eigenvalue weighted by Crippen LogP contribution is -2.35. The second-order valence-electron chi connectivity index (χ2n) is 6.39. The molecule has 1 aliphatic rings. The summed E-state index contributed by atoms with van der Waals surface area (Å²) in [6, 6.07) is 10.3. The van der Waals surface area contributed by atoms with Crippen LogP contribution in [0.25, 0.3) is 0 Å². The highest BCUT2D eigenvalue weighted by Crippen LogP contribution is 2.10. The number of hydrogen-bond donors (Lipinski definition) is 1. The predicted octanol–water partition coefficient (Wildman–Crippen LogP) is 1.74. The van der Waals surface area contributed by atoms with E-state index in [1.54, 1.807) is 11.7 Å². The lowest BCUT2D eigenvalue weighted by atomic mass is 10.1. The first-order chi connectivity index (χ1) is 12.2. The Hall–Kier alpha value is -2.18. The number of aryl methyl sites for hydroxylation is 2. The smallest absolute Gasteiger partial charge is 0.269 e. The minimum Gasteiger partial charge on any atom is -0.379 e. The zero-order chi connectivity index (χ0) is 17.6. The summed E-state index contributed by atoms with van der Waals surface area (Å²) < 4.78 is 7.01. The fourth-order valence-corrected chi connectivity index (χ4v) is 2.96. The van der Waals surface area contributed by atoms with Gasteiger partial charge >= 0.3 is 0 Å². The molecule has 1 aliphatic heterocycles. The molecule has 0 unspecified atom stereocenters. The Morgan fingerprint density at radius 1 is 1.20 bits per heavy atom. The molecule has 6 nitrogen and oxygen atoms in total. The maximum absolute atomic E-state index is 12.3. The van der Waals surface area contributed by atoms with Gasteiger partial charge in [0, 0.05) is 33.2 Å². The number of morpholine rings is 1. The highest BCUT2D eigenvalue weighted by atomic mass is 16.5. The third-order valence-corrected chi connectivity index (χ3v) is 4.51. The molecule has 1 amide bonds. The van der Waals surface area contributed by atoms with E-state index >= 15 is 0 Å². The SMILES string of the molecule is CCc1cc(C(=O)NCc2ccc(CN3CCOCC3)cc2)n(C)n1. The van der Waals surface area contributed by atoms with Crippen molar-refractivity contribution in [3.05, 3.63) is 52.8 Å². The number of ether oxygens (including phenoxy) is 1. The van der Waals surface area contributed by atoms with E-state index in [9.17, 15) is 4.79 Å². The summed E-state index contributed by atoms with van der Waals surface area (Å²) in [5.74, 6) is -0.0907. The average Bonchev–Trinajstić information content (AvgIpc) is 3.03. The van der Waals surface area contributed by atoms with Gasteiger partial charge in [-0.25, -0.2) is 0 Å². The summed E-state index contributed by atoms with van der Waals surface area (Å²) in [5, 5.41) is 7.28. The normalized spacial score (nSPS) is 15.3. The fourth-order valence-electron chi connectivity index (χ4n) is 2.96. The molecule has 3 rings (SSSR count). The molecule has 0 bridgehead atoms. The molecule has 1 N–H and O–H groups in total. The zero-order valence-corrected chi connectivity index (χ0v) is 15.0. The summed E-state index contributed by atoms with van der Waals surface area (Å²) in [5.41, 5.74) is 3.91. The Bertz CT molecular complexity index is 703. The molecular weight excluding hydrogens is 316 g/mol. The van der Waals surface area contributed by atoms with Crippen LogP contribution in [0, 0.1) is 0 Å². The Kier molecular flexibility index (Phi) is 5.83. The number of amides is 1. The Morgan fingerprint density at radius 3 is 2.52 bits per heavy atom. The average molecular weight is 342 g/mol. The van der Waals surface area contributed by atoms with Crippen molar-refractivity contribution in [1.82, 2.24) is 20.0 Å². The van der Waals surface area contributed by atoms with Gasteiger partial charge in [0.2, 0.25) is 0 Å². The van der Waals surface area contributed by atoms with Gasteiger partial charge in [-0.3, -0.25) is 14.4 Å². The summed E-state index contributed by atoms with van der Waals surface area (Å²) in [6.07, 6.45) is 0.825. The third kappa shape index (κ3) is 4.67. The Labute approximate surface area is 148 Å². The van der Waals surface area contributed by atoms with Gasteiger partial charge in [-0.05, 0) is 23.6 Å². The number of aromatic nitrogens is 2. The van der Waals surface area contributed by atoms with E-state index in [-0.39, 0.29) is 5.91 Å². The molecule has 0 aliphatic carbocycles. The van der Waals surface area contributed by atoms with Crippen LogP contribution in [0.5, 0.6) is 0 Å². The number of carbonyl (C=O) groups is 1. The van der Waals surface area contributed by atoms with Crippen LogP contribution in [-0.4, -0.2) is 46.9 Å². The maximum Gasteiger partial charge on any atom is 0.269 e. The Morgan fingerprint density at radius 2 is 1.88 bits per heavy atom. The molecule has 0 atom stereocenters. The quantitative estimate of drug-likeness (QED) is 0.869. The van der Waals surface area contributed by atoms with Crippen molar-refractivity contribution in [2.75, 3.05) is 26.3 Å². The largest absolute Gasteiger partial charge is 0.379 e. The minimum absolute atomic E-state index is 0.0907. The van der Waals surface area contributed by atoms with Gasteiger partial charge in [-0.15, -0.1) is 0 Å². The van der Waals surface area contributed by atoms with Crippen LogP contribution in [0.3, 0.4) is 0 Å². The van der Waals surface area contributed by atoms with Gasteiger partial charge in [0.1, 0.15) is 5.69 Å². The first-order valence-electron chi connectivity index (χ1n) is 8.84. The lowest BCUT2D eigenvalue weighted by Gasteiger charge is -2.26. The number of benzene rings is 1. The lowest BCUT2D eigenvalue weighted by molar-refractivity contribution is 0.0342. The second kappa shape index (κ2) is 8.27. The number of hydrogen-bond acceptors (Lipinski definition) is 4. The maximum atomic E-state index is 12.3. The molecule has 2 aromatic rings. The molecular formula is C19H26N4O2. The van der Waals surface area contributed by atoms with E-state index in [4.69, 9.17) is 4.74 Å². The molecule has 2 heterocycles. The number of carbonyl (C=O) groups excluding carboxylic acids is 1.